The first-order valence-electron chi connectivity index (χ1n) is 18.5. The summed E-state index contributed by atoms with van der Waals surface area (Å²) >= 11 is 0. The number of para-hydroxylation sites is 4. The molecule has 10 aromatic carbocycles. The van der Waals surface area contributed by atoms with Crippen molar-refractivity contribution >= 4 is 66.4 Å². The fourth-order valence-corrected chi connectivity index (χ4v) is 8.13. The molecular weight excluding hydrogens is 653 g/mol. The summed E-state index contributed by atoms with van der Waals surface area (Å²) < 4.78 is 0. The Labute approximate surface area is 315 Å². The number of nitrogens with zero attached hydrogens (tertiary/aromatic N) is 2. The molecule has 0 aromatic heterocycles. The first-order chi connectivity index (χ1) is 26.8. The molecule has 0 aliphatic heterocycles. The van der Waals surface area contributed by atoms with Crippen molar-refractivity contribution in [2.24, 2.45) is 0 Å². The smallest absolute Gasteiger partial charge is 0.0467 e. The second-order valence-corrected chi connectivity index (χ2v) is 13.8. The van der Waals surface area contributed by atoms with Gasteiger partial charge in [0.05, 0.1) is 0 Å². The maximum atomic E-state index is 2.33. The normalized spacial score (nSPS) is 11.3. The molecule has 0 atom stereocenters. The van der Waals surface area contributed by atoms with Crippen LogP contribution >= 0.6 is 0 Å². The molecule has 0 unspecified atom stereocenters. The van der Waals surface area contributed by atoms with Crippen LogP contribution in [0.25, 0.3) is 54.6 Å². The predicted molar refractivity (Wildman–Crippen MR) is 230 cm³/mol. The van der Waals surface area contributed by atoms with Gasteiger partial charge in [0.25, 0.3) is 0 Å². The van der Waals surface area contributed by atoms with Gasteiger partial charge in [-0.2, -0.15) is 0 Å². The van der Waals surface area contributed by atoms with Gasteiger partial charge in [-0.05, 0) is 127 Å². The van der Waals surface area contributed by atoms with Crippen LogP contribution in [0.3, 0.4) is 0 Å². The molecule has 0 N–H and O–H groups in total. The molecule has 0 spiro atoms. The minimum atomic E-state index is 1.12. The van der Waals surface area contributed by atoms with Crippen molar-refractivity contribution in [3.05, 3.63) is 218 Å². The van der Waals surface area contributed by atoms with Gasteiger partial charge in [0.2, 0.25) is 0 Å². The van der Waals surface area contributed by atoms with E-state index in [-0.39, 0.29) is 0 Å². The second kappa shape index (κ2) is 13.4. The van der Waals surface area contributed by atoms with E-state index in [1.807, 2.05) is 0 Å². The quantitative estimate of drug-likeness (QED) is 0.147. The summed E-state index contributed by atoms with van der Waals surface area (Å²) in [5, 5.41) is 7.65. The van der Waals surface area contributed by atoms with Gasteiger partial charge in [-0.1, -0.05) is 146 Å². The lowest BCUT2D eigenvalue weighted by molar-refractivity contribution is 1.28. The van der Waals surface area contributed by atoms with Gasteiger partial charge in [-0.15, -0.1) is 0 Å². The zero-order valence-electron chi connectivity index (χ0n) is 29.7. The van der Waals surface area contributed by atoms with Crippen LogP contribution in [0.2, 0.25) is 0 Å². The Kier molecular flexibility index (Phi) is 7.85. The molecule has 0 fully saturated rings. The maximum Gasteiger partial charge on any atom is 0.0467 e. The first-order valence-corrected chi connectivity index (χ1v) is 18.5. The molecule has 54 heavy (non-hydrogen) atoms. The highest BCUT2D eigenvalue weighted by Crippen LogP contribution is 2.44. The van der Waals surface area contributed by atoms with Crippen molar-refractivity contribution in [1.82, 2.24) is 0 Å². The number of anilines is 6. The lowest BCUT2D eigenvalue weighted by atomic mass is 9.87. The molecule has 0 saturated carbocycles. The minimum absolute atomic E-state index is 1.12. The zero-order chi connectivity index (χ0) is 35.8. The van der Waals surface area contributed by atoms with E-state index >= 15 is 0 Å². The molecule has 0 aliphatic carbocycles. The molecule has 10 aromatic rings. The Morgan fingerprint density at radius 1 is 0.241 bits per heavy atom. The van der Waals surface area contributed by atoms with Crippen LogP contribution in [0, 0.1) is 0 Å². The lowest BCUT2D eigenvalue weighted by Gasteiger charge is -2.26. The van der Waals surface area contributed by atoms with Gasteiger partial charge in [0.1, 0.15) is 0 Å². The average Bonchev–Trinajstić information content (AvgIpc) is 3.25. The van der Waals surface area contributed by atoms with Gasteiger partial charge in [-0.25, -0.2) is 0 Å². The number of benzene rings is 10. The summed E-state index contributed by atoms with van der Waals surface area (Å²) in [4.78, 5) is 4.66. The molecule has 0 heterocycles. The minimum Gasteiger partial charge on any atom is -0.310 e. The van der Waals surface area contributed by atoms with Crippen LogP contribution in [-0.4, -0.2) is 0 Å². The highest BCUT2D eigenvalue weighted by molar-refractivity contribution is 6.27. The third-order valence-electron chi connectivity index (χ3n) is 10.6. The van der Waals surface area contributed by atoms with E-state index < -0.39 is 0 Å². The Balaban J connectivity index is 1.11. The topological polar surface area (TPSA) is 6.48 Å². The molecule has 2 heteroatoms. The molecule has 0 amide bonds. The molecule has 0 radical (unpaired) electrons. The molecule has 0 bridgehead atoms. The predicted octanol–water partition coefficient (Wildman–Crippen LogP) is 14.9. The van der Waals surface area contributed by atoms with Crippen molar-refractivity contribution in [3.8, 4) is 22.3 Å². The first kappa shape index (κ1) is 31.6. The molecule has 2 nitrogen and oxygen atoms in total. The monoisotopic (exact) mass is 688 g/mol. The van der Waals surface area contributed by atoms with E-state index in [0.717, 1.165) is 34.1 Å². The van der Waals surface area contributed by atoms with Crippen molar-refractivity contribution in [2.75, 3.05) is 9.80 Å². The van der Waals surface area contributed by atoms with E-state index in [0.29, 0.717) is 0 Å². The maximum absolute atomic E-state index is 2.33. The summed E-state index contributed by atoms with van der Waals surface area (Å²) in [6.07, 6.45) is 0. The van der Waals surface area contributed by atoms with E-state index in [1.165, 1.54) is 54.6 Å². The Hall–Kier alpha value is -7.16. The van der Waals surface area contributed by atoms with Crippen molar-refractivity contribution < 1.29 is 0 Å². The van der Waals surface area contributed by atoms with Crippen LogP contribution in [0.1, 0.15) is 0 Å². The highest BCUT2D eigenvalue weighted by Gasteiger charge is 2.18. The van der Waals surface area contributed by atoms with Gasteiger partial charge >= 0.3 is 0 Å². The summed E-state index contributed by atoms with van der Waals surface area (Å²) in [5.41, 5.74) is 11.6. The third-order valence-corrected chi connectivity index (χ3v) is 10.6. The second-order valence-electron chi connectivity index (χ2n) is 13.8. The van der Waals surface area contributed by atoms with Crippen molar-refractivity contribution in [1.29, 1.82) is 0 Å². The Bertz CT molecular complexity index is 2590. The Morgan fingerprint density at radius 3 is 0.907 bits per heavy atom. The largest absolute Gasteiger partial charge is 0.310 e. The standard InChI is InChI=1S/C52H36N2/c1-5-17-41(18-6-1)53(42-19-7-2-8-20-42)45-25-13-15-39(35-45)47-31-27-37-30-34-50-48(32-28-38-29-33-49(47)51(37)52(38)50)40-16-14-26-46(36-40)54(43-21-9-3-10-22-43)44-23-11-4-12-24-44/h1-36H. The molecule has 254 valence electrons. The summed E-state index contributed by atoms with van der Waals surface area (Å²) in [6, 6.07) is 78.8. The van der Waals surface area contributed by atoms with Crippen molar-refractivity contribution in [3.63, 3.8) is 0 Å². The summed E-state index contributed by atoms with van der Waals surface area (Å²) in [6.45, 7) is 0. The highest BCUT2D eigenvalue weighted by atomic mass is 15.1. The van der Waals surface area contributed by atoms with E-state index in [1.54, 1.807) is 0 Å². The average molecular weight is 689 g/mol. The number of hydrogen-bond donors (Lipinski definition) is 0. The van der Waals surface area contributed by atoms with Crippen LogP contribution < -0.4 is 9.80 Å². The molecule has 0 saturated heterocycles. The molecule has 10 rings (SSSR count). The fraction of sp³-hybridized carbons (Fsp3) is 0. The van der Waals surface area contributed by atoms with Gasteiger partial charge < -0.3 is 9.80 Å². The lowest BCUT2D eigenvalue weighted by Crippen LogP contribution is -2.09. The van der Waals surface area contributed by atoms with Crippen molar-refractivity contribution in [2.45, 2.75) is 0 Å². The van der Waals surface area contributed by atoms with E-state index in [2.05, 4.69) is 228 Å². The van der Waals surface area contributed by atoms with Gasteiger partial charge in [-0.3, -0.25) is 0 Å². The van der Waals surface area contributed by atoms with Gasteiger partial charge in [0, 0.05) is 34.1 Å². The van der Waals surface area contributed by atoms with Crippen LogP contribution in [0.15, 0.2) is 218 Å². The third kappa shape index (κ3) is 5.53. The van der Waals surface area contributed by atoms with Crippen LogP contribution in [0.4, 0.5) is 34.1 Å². The van der Waals surface area contributed by atoms with Gasteiger partial charge in [0.15, 0.2) is 0 Å². The summed E-state index contributed by atoms with van der Waals surface area (Å²) in [7, 11) is 0. The van der Waals surface area contributed by atoms with Crippen LogP contribution in [-0.2, 0) is 0 Å². The van der Waals surface area contributed by atoms with Crippen LogP contribution in [0.5, 0.6) is 0 Å². The number of rotatable bonds is 8. The van der Waals surface area contributed by atoms with E-state index in [4.69, 9.17) is 0 Å². The number of hydrogen-bond acceptors (Lipinski definition) is 2. The molecular formula is C52H36N2. The zero-order valence-corrected chi connectivity index (χ0v) is 29.7. The SMILES string of the molecule is c1ccc(N(c2ccccc2)c2cccc(-c3ccc4ccc5c(-c6cccc(N(c7ccccc7)c7ccccc7)c6)ccc6ccc3c4c65)c2)cc1. The Morgan fingerprint density at radius 2 is 0.556 bits per heavy atom. The fourth-order valence-electron chi connectivity index (χ4n) is 8.13. The van der Waals surface area contributed by atoms with E-state index in [9.17, 15) is 0 Å². The molecule has 0 aliphatic rings. The summed E-state index contributed by atoms with van der Waals surface area (Å²) in [5.74, 6) is 0.